The summed E-state index contributed by atoms with van der Waals surface area (Å²) >= 11 is 0. The van der Waals surface area contributed by atoms with E-state index in [1.807, 2.05) is 36.1 Å². The number of benzene rings is 2. The standard InChI is InChI=1S/C16H14N4O/c1-20-15-4-9(2-3-10(15)7-19-20)12-5-11(17)6-13-14(12)8-18-16(13)21/h2-7H,8,17H2,1H3,(H,18,21). The van der Waals surface area contributed by atoms with Gasteiger partial charge in [-0.15, -0.1) is 0 Å². The van der Waals surface area contributed by atoms with Gasteiger partial charge in [-0.05, 0) is 34.9 Å². The molecule has 3 N–H and O–H groups in total. The van der Waals surface area contributed by atoms with Crippen molar-refractivity contribution in [3.8, 4) is 11.1 Å². The third kappa shape index (κ3) is 1.71. The summed E-state index contributed by atoms with van der Waals surface area (Å²) in [7, 11) is 1.92. The Morgan fingerprint density at radius 1 is 1.24 bits per heavy atom. The zero-order valence-corrected chi connectivity index (χ0v) is 11.6. The molecule has 1 aliphatic heterocycles. The van der Waals surface area contributed by atoms with E-state index in [9.17, 15) is 4.79 Å². The fraction of sp³-hybridized carbons (Fsp3) is 0.125. The number of nitrogens with two attached hydrogens (primary N) is 1. The number of amides is 1. The highest BCUT2D eigenvalue weighted by atomic mass is 16.1. The number of carbonyl (C=O) groups excluding carboxylic acids is 1. The molecule has 0 spiro atoms. The number of rotatable bonds is 1. The summed E-state index contributed by atoms with van der Waals surface area (Å²) in [5.74, 6) is -0.0554. The van der Waals surface area contributed by atoms with E-state index in [2.05, 4.69) is 16.5 Å². The van der Waals surface area contributed by atoms with Crippen LogP contribution in [0.4, 0.5) is 5.69 Å². The minimum atomic E-state index is -0.0554. The summed E-state index contributed by atoms with van der Waals surface area (Å²) in [6.45, 7) is 0.549. The van der Waals surface area contributed by atoms with Gasteiger partial charge in [0.1, 0.15) is 0 Å². The van der Waals surface area contributed by atoms with E-state index >= 15 is 0 Å². The highest BCUT2D eigenvalue weighted by molar-refractivity contribution is 6.02. The van der Waals surface area contributed by atoms with Crippen molar-refractivity contribution < 1.29 is 4.79 Å². The van der Waals surface area contributed by atoms with Crippen LogP contribution in [0.15, 0.2) is 36.5 Å². The molecule has 0 atom stereocenters. The second-order valence-electron chi connectivity index (χ2n) is 5.32. The van der Waals surface area contributed by atoms with Crippen molar-refractivity contribution in [1.82, 2.24) is 15.1 Å². The molecule has 5 heteroatoms. The average molecular weight is 278 g/mol. The van der Waals surface area contributed by atoms with Gasteiger partial charge >= 0.3 is 0 Å². The van der Waals surface area contributed by atoms with E-state index in [0.29, 0.717) is 17.8 Å². The molecule has 5 nitrogen and oxygen atoms in total. The summed E-state index contributed by atoms with van der Waals surface area (Å²) in [6.07, 6.45) is 1.84. The summed E-state index contributed by atoms with van der Waals surface area (Å²) < 4.78 is 1.84. The van der Waals surface area contributed by atoms with Crippen LogP contribution in [0.5, 0.6) is 0 Å². The van der Waals surface area contributed by atoms with E-state index in [0.717, 1.165) is 27.6 Å². The van der Waals surface area contributed by atoms with Gasteiger partial charge in [-0.1, -0.05) is 12.1 Å². The smallest absolute Gasteiger partial charge is 0.251 e. The van der Waals surface area contributed by atoms with Crippen molar-refractivity contribution in [3.63, 3.8) is 0 Å². The molecule has 1 aromatic heterocycles. The second kappa shape index (κ2) is 4.09. The topological polar surface area (TPSA) is 72.9 Å². The lowest BCUT2D eigenvalue weighted by Crippen LogP contribution is -2.12. The van der Waals surface area contributed by atoms with Crippen LogP contribution in [0.3, 0.4) is 0 Å². The second-order valence-corrected chi connectivity index (χ2v) is 5.32. The van der Waals surface area contributed by atoms with Gasteiger partial charge < -0.3 is 11.1 Å². The zero-order valence-electron chi connectivity index (χ0n) is 11.6. The number of hydrogen-bond acceptors (Lipinski definition) is 3. The van der Waals surface area contributed by atoms with Gasteiger partial charge in [-0.3, -0.25) is 9.48 Å². The quantitative estimate of drug-likeness (QED) is 0.669. The van der Waals surface area contributed by atoms with Crippen molar-refractivity contribution >= 4 is 22.5 Å². The van der Waals surface area contributed by atoms with Gasteiger partial charge in [0.15, 0.2) is 0 Å². The lowest BCUT2D eigenvalue weighted by atomic mass is 9.95. The van der Waals surface area contributed by atoms with Crippen LogP contribution in [0, 0.1) is 0 Å². The van der Waals surface area contributed by atoms with E-state index in [1.165, 1.54) is 0 Å². The minimum Gasteiger partial charge on any atom is -0.399 e. The Bertz CT molecular complexity index is 895. The summed E-state index contributed by atoms with van der Waals surface area (Å²) in [4.78, 5) is 11.8. The Hall–Kier alpha value is -2.82. The molecule has 0 saturated heterocycles. The van der Waals surface area contributed by atoms with Crippen molar-refractivity contribution in [2.75, 3.05) is 5.73 Å². The van der Waals surface area contributed by atoms with Crippen LogP contribution in [0.25, 0.3) is 22.0 Å². The van der Waals surface area contributed by atoms with Crippen LogP contribution in [-0.2, 0) is 13.6 Å². The molecule has 1 aliphatic rings. The largest absolute Gasteiger partial charge is 0.399 e. The van der Waals surface area contributed by atoms with Gasteiger partial charge in [-0.2, -0.15) is 5.10 Å². The molecular formula is C16H14N4O. The molecule has 0 unspecified atom stereocenters. The first kappa shape index (κ1) is 12.0. The normalized spacial score (nSPS) is 13.5. The zero-order chi connectivity index (χ0) is 14.6. The maximum Gasteiger partial charge on any atom is 0.251 e. The number of aryl methyl sites for hydroxylation is 1. The van der Waals surface area contributed by atoms with Crippen LogP contribution < -0.4 is 11.1 Å². The molecule has 21 heavy (non-hydrogen) atoms. The Labute approximate surface area is 121 Å². The predicted molar refractivity (Wildman–Crippen MR) is 81.7 cm³/mol. The Morgan fingerprint density at radius 3 is 2.90 bits per heavy atom. The lowest BCUT2D eigenvalue weighted by Gasteiger charge is -2.09. The fourth-order valence-corrected chi connectivity index (χ4v) is 2.92. The molecule has 0 fully saturated rings. The summed E-state index contributed by atoms with van der Waals surface area (Å²) in [5, 5.41) is 8.21. The molecule has 0 bridgehead atoms. The molecule has 0 aliphatic carbocycles. The van der Waals surface area contributed by atoms with Gasteiger partial charge in [0.2, 0.25) is 0 Å². The Kier molecular flexibility index (Phi) is 2.33. The molecule has 1 amide bonds. The highest BCUT2D eigenvalue weighted by Gasteiger charge is 2.23. The number of nitrogens with zero attached hydrogens (tertiary/aromatic N) is 2. The van der Waals surface area contributed by atoms with Crippen LogP contribution in [-0.4, -0.2) is 15.7 Å². The van der Waals surface area contributed by atoms with Gasteiger partial charge in [0, 0.05) is 30.2 Å². The van der Waals surface area contributed by atoms with Gasteiger partial charge in [0.05, 0.1) is 11.7 Å². The predicted octanol–water partition coefficient (Wildman–Crippen LogP) is 2.07. The number of nitrogens with one attached hydrogen (secondary N) is 1. The third-order valence-electron chi connectivity index (χ3n) is 4.00. The lowest BCUT2D eigenvalue weighted by molar-refractivity contribution is 0.0966. The first-order chi connectivity index (χ1) is 10.1. The number of hydrogen-bond donors (Lipinski definition) is 2. The summed E-state index contributed by atoms with van der Waals surface area (Å²) in [6, 6.07) is 9.83. The SMILES string of the molecule is Cn1ncc2ccc(-c3cc(N)cc4c3CNC4=O)cc21. The molecule has 2 heterocycles. The minimum absolute atomic E-state index is 0.0554. The van der Waals surface area contributed by atoms with Crippen molar-refractivity contribution in [2.45, 2.75) is 6.54 Å². The monoisotopic (exact) mass is 278 g/mol. The fourth-order valence-electron chi connectivity index (χ4n) is 2.92. The van der Waals surface area contributed by atoms with Gasteiger partial charge in [0.25, 0.3) is 5.91 Å². The van der Waals surface area contributed by atoms with Crippen molar-refractivity contribution in [1.29, 1.82) is 0 Å². The number of carbonyl (C=O) groups is 1. The highest BCUT2D eigenvalue weighted by Crippen LogP contribution is 2.33. The number of fused-ring (bicyclic) bond motifs is 2. The summed E-state index contributed by atoms with van der Waals surface area (Å²) in [5.41, 5.74) is 11.4. The van der Waals surface area contributed by atoms with Crippen molar-refractivity contribution in [2.24, 2.45) is 7.05 Å². The maximum absolute atomic E-state index is 11.8. The third-order valence-corrected chi connectivity index (χ3v) is 4.00. The Balaban J connectivity index is 1.98. The van der Waals surface area contributed by atoms with Gasteiger partial charge in [-0.25, -0.2) is 0 Å². The molecule has 0 saturated carbocycles. The molecule has 3 aromatic rings. The number of aromatic nitrogens is 2. The van der Waals surface area contributed by atoms with E-state index in [1.54, 1.807) is 6.07 Å². The van der Waals surface area contributed by atoms with Crippen LogP contribution >= 0.6 is 0 Å². The first-order valence-electron chi connectivity index (χ1n) is 6.76. The van der Waals surface area contributed by atoms with E-state index < -0.39 is 0 Å². The Morgan fingerprint density at radius 2 is 2.05 bits per heavy atom. The van der Waals surface area contributed by atoms with Crippen LogP contribution in [0.2, 0.25) is 0 Å². The first-order valence-corrected chi connectivity index (χ1v) is 6.76. The number of nitrogen functional groups attached to an aromatic ring is 1. The molecule has 2 aromatic carbocycles. The maximum atomic E-state index is 11.8. The average Bonchev–Trinajstić information content (AvgIpc) is 3.03. The van der Waals surface area contributed by atoms with Crippen molar-refractivity contribution in [3.05, 3.63) is 47.7 Å². The molecule has 0 radical (unpaired) electrons. The molecular weight excluding hydrogens is 264 g/mol. The van der Waals surface area contributed by atoms with E-state index in [-0.39, 0.29) is 5.91 Å². The van der Waals surface area contributed by atoms with E-state index in [4.69, 9.17) is 5.73 Å². The number of anilines is 1. The molecule has 104 valence electrons. The molecule has 4 rings (SSSR count). The van der Waals surface area contributed by atoms with Crippen LogP contribution in [0.1, 0.15) is 15.9 Å².